The van der Waals surface area contributed by atoms with Gasteiger partial charge in [-0.3, -0.25) is 19.7 Å². The van der Waals surface area contributed by atoms with Crippen molar-refractivity contribution in [2.45, 2.75) is 13.0 Å². The maximum absolute atomic E-state index is 12.6. The fraction of sp³-hybridized carbons (Fsp3) is 0.227. The summed E-state index contributed by atoms with van der Waals surface area (Å²) in [6.45, 7) is 4.32. The van der Waals surface area contributed by atoms with Gasteiger partial charge in [-0.2, -0.15) is 4.99 Å². The van der Waals surface area contributed by atoms with E-state index in [2.05, 4.69) is 11.6 Å². The summed E-state index contributed by atoms with van der Waals surface area (Å²) in [6.07, 6.45) is 2.21. The fourth-order valence-corrected chi connectivity index (χ4v) is 5.97. The molecule has 0 bridgehead atoms. The number of rotatable bonds is 7. The molecule has 2 aromatic carbocycles. The van der Waals surface area contributed by atoms with Gasteiger partial charge in [-0.05, 0) is 24.1 Å². The molecule has 4 rings (SSSR count). The minimum Gasteiger partial charge on any atom is -0.312 e. The number of allylic oxidation sites excluding steroid dienone is 1. The Morgan fingerprint density at radius 1 is 1.21 bits per heavy atom. The average Bonchev–Trinajstić information content (AvgIpc) is 3.34. The number of benzene rings is 2. The zero-order valence-corrected chi connectivity index (χ0v) is 19.5. The maximum atomic E-state index is 12.6. The predicted octanol–water partition coefficient (Wildman–Crippen LogP) is 2.23. The van der Waals surface area contributed by atoms with Gasteiger partial charge in [-0.25, -0.2) is 8.42 Å². The lowest BCUT2D eigenvalue weighted by molar-refractivity contribution is -0.384. The molecule has 1 aliphatic rings. The molecule has 2 amide bonds. The highest BCUT2D eigenvalue weighted by Gasteiger charge is 2.29. The fourth-order valence-electron chi connectivity index (χ4n) is 3.81. The van der Waals surface area contributed by atoms with Crippen molar-refractivity contribution in [2.24, 2.45) is 4.99 Å². The Hall–Kier alpha value is -3.64. The Balaban J connectivity index is 1.55. The summed E-state index contributed by atoms with van der Waals surface area (Å²) in [5, 5.41) is 11.1. The molecule has 0 unspecified atom stereocenters. The van der Waals surface area contributed by atoms with Gasteiger partial charge in [0.25, 0.3) is 11.6 Å². The molecule has 0 spiro atoms. The van der Waals surface area contributed by atoms with Crippen molar-refractivity contribution in [2.75, 3.05) is 23.0 Å². The molecular weight excluding hydrogens is 480 g/mol. The molecule has 2 heterocycles. The number of fused-ring (bicyclic) bond motifs is 2. The Morgan fingerprint density at radius 3 is 2.71 bits per heavy atom. The van der Waals surface area contributed by atoms with Gasteiger partial charge in [0.2, 0.25) is 5.91 Å². The van der Waals surface area contributed by atoms with Crippen molar-refractivity contribution in [1.82, 2.24) is 4.57 Å². The van der Waals surface area contributed by atoms with E-state index in [1.807, 2.05) is 12.1 Å². The molecule has 0 aliphatic carbocycles. The maximum Gasteiger partial charge on any atom is 0.270 e. The number of nitrogens with zero attached hydrogens (tertiary/aromatic N) is 4. The van der Waals surface area contributed by atoms with Gasteiger partial charge in [-0.1, -0.05) is 35.6 Å². The third kappa shape index (κ3) is 4.82. The zero-order chi connectivity index (χ0) is 24.5. The van der Waals surface area contributed by atoms with Crippen molar-refractivity contribution in [3.05, 3.63) is 75.6 Å². The van der Waals surface area contributed by atoms with Crippen LogP contribution in [0.2, 0.25) is 0 Å². The van der Waals surface area contributed by atoms with E-state index in [0.717, 1.165) is 16.9 Å². The van der Waals surface area contributed by atoms with Gasteiger partial charge in [0.1, 0.15) is 11.5 Å². The van der Waals surface area contributed by atoms with Crippen LogP contribution >= 0.6 is 11.3 Å². The number of nitro groups is 1. The molecule has 0 radical (unpaired) electrons. The number of carbonyl (C=O) groups excluding carboxylic acids is 2. The average molecular weight is 501 g/mol. The smallest absolute Gasteiger partial charge is 0.270 e. The van der Waals surface area contributed by atoms with Crippen LogP contribution in [0.1, 0.15) is 5.56 Å². The summed E-state index contributed by atoms with van der Waals surface area (Å²) in [5.41, 5.74) is 2.15. The van der Waals surface area contributed by atoms with Gasteiger partial charge < -0.3 is 9.47 Å². The van der Waals surface area contributed by atoms with Crippen molar-refractivity contribution in [3.63, 3.8) is 0 Å². The molecule has 0 saturated carbocycles. The summed E-state index contributed by atoms with van der Waals surface area (Å²) < 4.78 is 27.3. The second-order valence-corrected chi connectivity index (χ2v) is 10.7. The van der Waals surface area contributed by atoms with Gasteiger partial charge in [0.05, 0.1) is 15.1 Å². The Morgan fingerprint density at radius 2 is 1.97 bits per heavy atom. The topological polar surface area (TPSA) is 132 Å². The number of hydrogen-bond acceptors (Lipinski definition) is 7. The van der Waals surface area contributed by atoms with Crippen molar-refractivity contribution in [3.8, 4) is 0 Å². The van der Waals surface area contributed by atoms with Crippen LogP contribution < -0.4 is 9.70 Å². The van der Waals surface area contributed by atoms with Crippen molar-refractivity contribution < 1.29 is 22.9 Å². The van der Waals surface area contributed by atoms with Crippen LogP contribution in [0.25, 0.3) is 10.2 Å². The SMILES string of the molecule is C=CCn1c(=NC(=O)CS(=O)(=O)CC(=O)N2CCc3ccccc32)sc2cc([N+](=O)[O-])ccc21. The molecule has 3 aromatic rings. The van der Waals surface area contributed by atoms with E-state index < -0.39 is 38.1 Å². The molecule has 1 aliphatic heterocycles. The summed E-state index contributed by atoms with van der Waals surface area (Å²) >= 11 is 1.03. The molecular formula is C22H20N4O6S2. The van der Waals surface area contributed by atoms with Crippen LogP contribution in [0.15, 0.2) is 60.1 Å². The Labute approximate surface area is 198 Å². The number of carbonyl (C=O) groups is 2. The lowest BCUT2D eigenvalue weighted by Gasteiger charge is -2.17. The number of non-ortho nitro benzene ring substituents is 1. The van der Waals surface area contributed by atoms with Gasteiger partial charge in [0.15, 0.2) is 14.6 Å². The normalized spacial score (nSPS) is 13.8. The zero-order valence-electron chi connectivity index (χ0n) is 17.9. The first kappa shape index (κ1) is 23.5. The Kier molecular flexibility index (Phi) is 6.44. The van der Waals surface area contributed by atoms with Crippen LogP contribution in [0.4, 0.5) is 11.4 Å². The van der Waals surface area contributed by atoms with Crippen LogP contribution in [-0.4, -0.2) is 47.8 Å². The first-order valence-corrected chi connectivity index (χ1v) is 12.9. The summed E-state index contributed by atoms with van der Waals surface area (Å²) in [6, 6.07) is 11.5. The Bertz CT molecular complexity index is 1500. The molecule has 10 nitrogen and oxygen atoms in total. The van der Waals surface area contributed by atoms with E-state index in [9.17, 15) is 28.1 Å². The number of sulfone groups is 1. The van der Waals surface area contributed by atoms with E-state index in [4.69, 9.17) is 0 Å². The van der Waals surface area contributed by atoms with Gasteiger partial charge in [-0.15, -0.1) is 6.58 Å². The molecule has 0 atom stereocenters. The van der Waals surface area contributed by atoms with E-state index >= 15 is 0 Å². The van der Waals surface area contributed by atoms with Crippen LogP contribution in [0.5, 0.6) is 0 Å². The quantitative estimate of drug-likeness (QED) is 0.278. The molecule has 176 valence electrons. The molecule has 0 saturated heterocycles. The largest absolute Gasteiger partial charge is 0.312 e. The minimum absolute atomic E-state index is 0.109. The van der Waals surface area contributed by atoms with E-state index in [0.29, 0.717) is 28.9 Å². The number of aromatic nitrogens is 1. The lowest BCUT2D eigenvalue weighted by atomic mass is 10.2. The highest BCUT2D eigenvalue weighted by molar-refractivity contribution is 7.92. The molecule has 34 heavy (non-hydrogen) atoms. The van der Waals surface area contributed by atoms with E-state index in [1.54, 1.807) is 28.8 Å². The number of nitro benzene ring substituents is 1. The van der Waals surface area contributed by atoms with Gasteiger partial charge >= 0.3 is 0 Å². The highest BCUT2D eigenvalue weighted by Crippen LogP contribution is 2.27. The second kappa shape index (κ2) is 9.31. The number of thiazole rings is 1. The standard InChI is InChI=1S/C22H20N4O6S2/c1-2-10-25-18-8-7-16(26(29)30)12-19(18)33-22(25)23-20(27)13-34(31,32)14-21(28)24-11-9-15-5-3-4-6-17(15)24/h2-8,12H,1,9-11,13-14H2. The number of anilines is 1. The first-order chi connectivity index (χ1) is 16.2. The predicted molar refractivity (Wildman–Crippen MR) is 128 cm³/mol. The van der Waals surface area contributed by atoms with E-state index in [1.165, 1.54) is 17.0 Å². The number of amides is 2. The third-order valence-corrected chi connectivity index (χ3v) is 7.70. The van der Waals surface area contributed by atoms with Crippen molar-refractivity contribution >= 4 is 54.6 Å². The minimum atomic E-state index is -4.06. The second-order valence-electron chi connectivity index (χ2n) is 7.65. The van der Waals surface area contributed by atoms with Crippen LogP contribution in [0.3, 0.4) is 0 Å². The van der Waals surface area contributed by atoms with Gasteiger partial charge in [0, 0.05) is 30.9 Å². The molecule has 1 aromatic heterocycles. The van der Waals surface area contributed by atoms with Crippen LogP contribution in [0, 0.1) is 10.1 Å². The van der Waals surface area contributed by atoms with Crippen molar-refractivity contribution in [1.29, 1.82) is 0 Å². The van der Waals surface area contributed by atoms with E-state index in [-0.39, 0.29) is 17.0 Å². The number of hydrogen-bond donors (Lipinski definition) is 0. The third-order valence-electron chi connectivity index (χ3n) is 5.28. The summed E-state index contributed by atoms with van der Waals surface area (Å²) in [7, 11) is -4.06. The lowest BCUT2D eigenvalue weighted by Crippen LogP contribution is -2.36. The molecule has 0 fully saturated rings. The monoisotopic (exact) mass is 500 g/mol. The summed E-state index contributed by atoms with van der Waals surface area (Å²) in [4.78, 5) is 41.3. The first-order valence-electron chi connectivity index (χ1n) is 10.2. The molecule has 0 N–H and O–H groups in total. The highest BCUT2D eigenvalue weighted by atomic mass is 32.2. The van der Waals surface area contributed by atoms with Crippen LogP contribution in [-0.2, 0) is 32.4 Å². The summed E-state index contributed by atoms with van der Waals surface area (Å²) in [5.74, 6) is -3.23. The molecule has 12 heteroatoms. The number of para-hydroxylation sites is 1.